The molecule has 0 N–H and O–H groups in total. The van der Waals surface area contributed by atoms with Gasteiger partial charge in [0.2, 0.25) is 0 Å². The zero-order chi connectivity index (χ0) is 11.9. The third-order valence-electron chi connectivity index (χ3n) is 1.50. The van der Waals surface area contributed by atoms with Gasteiger partial charge in [-0.05, 0) is 0 Å². The van der Waals surface area contributed by atoms with Crippen molar-refractivity contribution in [3.63, 3.8) is 0 Å². The maximum absolute atomic E-state index is 9.67. The Morgan fingerprint density at radius 1 is 1.00 bits per heavy atom. The molecule has 1 nitrogen and oxygen atoms in total. The molecular formula is C11H17F3N+. The van der Waals surface area contributed by atoms with Gasteiger partial charge in [0.25, 0.3) is 0 Å². The quantitative estimate of drug-likeness (QED) is 0.672. The first-order chi connectivity index (χ1) is 6.81. The Bertz CT molecular complexity index is 252. The molecule has 0 fully saturated rings. The molecule has 0 heterocycles. The first-order valence-corrected chi connectivity index (χ1v) is 4.58. The van der Waals surface area contributed by atoms with E-state index >= 15 is 0 Å². The summed E-state index contributed by atoms with van der Waals surface area (Å²) in [6.07, 6.45) is 0. The van der Waals surface area contributed by atoms with Crippen LogP contribution < -0.4 is 0 Å². The Morgan fingerprint density at radius 3 is 1.73 bits per heavy atom. The first kappa shape index (κ1) is 14.0. The van der Waals surface area contributed by atoms with E-state index in [0.717, 1.165) is 11.0 Å². The fraction of sp³-hybridized carbons (Fsp3) is 0.455. The van der Waals surface area contributed by atoms with Crippen LogP contribution in [0.4, 0.5) is 13.2 Å². The molecule has 0 atom stereocenters. The van der Waals surface area contributed by atoms with Gasteiger partial charge in [-0.3, -0.25) is 0 Å². The fourth-order valence-corrected chi connectivity index (χ4v) is 1.13. The van der Waals surface area contributed by atoms with Crippen LogP contribution >= 0.6 is 0 Å². The topological polar surface area (TPSA) is 0 Å². The van der Waals surface area contributed by atoms with Crippen molar-refractivity contribution in [2.24, 2.45) is 0 Å². The molecule has 1 aromatic rings. The minimum Gasteiger partial charge on any atom is -0.327 e. The highest BCUT2D eigenvalue weighted by molar-refractivity contribution is 5.13. The second-order valence-corrected chi connectivity index (χ2v) is 4.18. The van der Waals surface area contributed by atoms with Crippen LogP contribution in [0, 0.1) is 0 Å². The van der Waals surface area contributed by atoms with Crippen molar-refractivity contribution in [3.05, 3.63) is 35.9 Å². The predicted molar refractivity (Wildman–Crippen MR) is 55.3 cm³/mol. The molecular weight excluding hydrogens is 203 g/mol. The Balaban J connectivity index is 0.000000423. The van der Waals surface area contributed by atoms with Crippen molar-refractivity contribution in [2.75, 3.05) is 21.1 Å². The Morgan fingerprint density at radius 2 is 1.40 bits per heavy atom. The lowest BCUT2D eigenvalue weighted by Crippen LogP contribution is -2.33. The number of nitrogens with zero attached hydrogens (tertiary/aromatic N) is 1. The minimum atomic E-state index is -3.67. The molecule has 0 aliphatic carbocycles. The zero-order valence-corrected chi connectivity index (χ0v) is 9.25. The van der Waals surface area contributed by atoms with E-state index in [-0.39, 0.29) is 0 Å². The van der Waals surface area contributed by atoms with Crippen molar-refractivity contribution in [3.8, 4) is 0 Å². The van der Waals surface area contributed by atoms with Crippen LogP contribution in [-0.4, -0.2) is 32.3 Å². The summed E-state index contributed by atoms with van der Waals surface area (Å²) in [4.78, 5) is 0. The van der Waals surface area contributed by atoms with E-state index in [2.05, 4.69) is 51.5 Å². The summed E-state index contributed by atoms with van der Waals surface area (Å²) in [5, 5.41) is 0. The summed E-state index contributed by atoms with van der Waals surface area (Å²) in [5.41, 5.74) is 1.40. The van der Waals surface area contributed by atoms with Crippen LogP contribution in [0.2, 0.25) is 0 Å². The molecule has 0 radical (unpaired) electrons. The molecule has 0 aromatic heterocycles. The number of halogens is 3. The second-order valence-electron chi connectivity index (χ2n) is 4.18. The number of rotatable bonds is 2. The van der Waals surface area contributed by atoms with Crippen LogP contribution in [0.25, 0.3) is 0 Å². The lowest BCUT2D eigenvalue weighted by molar-refractivity contribution is -0.884. The van der Waals surface area contributed by atoms with Crippen LogP contribution in [0.1, 0.15) is 5.56 Å². The summed E-state index contributed by atoms with van der Waals surface area (Å²) < 4.78 is 30.0. The third kappa shape index (κ3) is 10.9. The summed E-state index contributed by atoms with van der Waals surface area (Å²) in [5.74, 6) is 0. The molecule has 0 aliphatic heterocycles. The fourth-order valence-electron chi connectivity index (χ4n) is 1.13. The molecule has 86 valence electrons. The normalized spacial score (nSPS) is 10.9. The predicted octanol–water partition coefficient (Wildman–Crippen LogP) is 3.07. The van der Waals surface area contributed by atoms with Crippen LogP contribution in [0.5, 0.6) is 0 Å². The van der Waals surface area contributed by atoms with Crippen LogP contribution in [0.3, 0.4) is 0 Å². The van der Waals surface area contributed by atoms with Gasteiger partial charge in [0.1, 0.15) is 6.54 Å². The average Bonchev–Trinajstić information content (AvgIpc) is 2.01. The van der Waals surface area contributed by atoms with E-state index in [9.17, 15) is 13.2 Å². The molecule has 0 amide bonds. The molecule has 4 heteroatoms. The van der Waals surface area contributed by atoms with Crippen molar-refractivity contribution in [1.29, 1.82) is 0 Å². The smallest absolute Gasteiger partial charge is 0.327 e. The van der Waals surface area contributed by atoms with Crippen LogP contribution in [0.15, 0.2) is 30.3 Å². The largest absolute Gasteiger partial charge is 0.379 e. The molecule has 15 heavy (non-hydrogen) atoms. The number of hydrogen-bond donors (Lipinski definition) is 0. The second kappa shape index (κ2) is 6.45. The van der Waals surface area contributed by atoms with E-state index in [1.165, 1.54) is 5.56 Å². The van der Waals surface area contributed by atoms with E-state index in [1.807, 2.05) is 0 Å². The van der Waals surface area contributed by atoms with Crippen LogP contribution in [-0.2, 0) is 6.54 Å². The Labute approximate surface area is 88.7 Å². The van der Waals surface area contributed by atoms with Gasteiger partial charge in [-0.2, -0.15) is 13.2 Å². The standard InChI is InChI=1S/C10H16N.CHF3/c1-11(2,3)9-10-7-5-4-6-8-10;2-1(3)4/h4-8H,9H2,1-3H3;1H/q+1;. The molecule has 1 rings (SSSR count). The Kier molecular flexibility index (Phi) is 6.01. The molecule has 0 saturated heterocycles. The zero-order valence-electron chi connectivity index (χ0n) is 9.25. The van der Waals surface area contributed by atoms with Gasteiger partial charge in [0, 0.05) is 5.56 Å². The van der Waals surface area contributed by atoms with E-state index in [0.29, 0.717) is 0 Å². The van der Waals surface area contributed by atoms with Gasteiger partial charge >= 0.3 is 6.68 Å². The van der Waals surface area contributed by atoms with Gasteiger partial charge in [-0.25, -0.2) is 0 Å². The lowest BCUT2D eigenvalue weighted by atomic mass is 10.2. The van der Waals surface area contributed by atoms with Crippen molar-refractivity contribution < 1.29 is 17.7 Å². The highest BCUT2D eigenvalue weighted by Gasteiger charge is 2.06. The van der Waals surface area contributed by atoms with Crippen molar-refractivity contribution >= 4 is 0 Å². The molecule has 0 bridgehead atoms. The summed E-state index contributed by atoms with van der Waals surface area (Å²) >= 11 is 0. The van der Waals surface area contributed by atoms with E-state index in [1.54, 1.807) is 0 Å². The third-order valence-corrected chi connectivity index (χ3v) is 1.50. The SMILES string of the molecule is C[N+](C)(C)Cc1ccccc1.FC(F)F. The van der Waals surface area contributed by atoms with Crippen molar-refractivity contribution in [2.45, 2.75) is 13.2 Å². The molecule has 0 saturated carbocycles. The van der Waals surface area contributed by atoms with E-state index in [4.69, 9.17) is 0 Å². The number of quaternary nitrogens is 1. The Hall–Kier alpha value is -1.03. The monoisotopic (exact) mass is 220 g/mol. The van der Waals surface area contributed by atoms with Gasteiger partial charge in [-0.15, -0.1) is 0 Å². The first-order valence-electron chi connectivity index (χ1n) is 4.58. The van der Waals surface area contributed by atoms with Gasteiger partial charge in [0.15, 0.2) is 0 Å². The summed E-state index contributed by atoms with van der Waals surface area (Å²) in [6.45, 7) is -2.57. The van der Waals surface area contributed by atoms with Gasteiger partial charge in [0.05, 0.1) is 21.1 Å². The summed E-state index contributed by atoms with van der Waals surface area (Å²) in [6, 6.07) is 10.6. The number of hydrogen-bond acceptors (Lipinski definition) is 0. The van der Waals surface area contributed by atoms with Gasteiger partial charge in [-0.1, -0.05) is 30.3 Å². The average molecular weight is 220 g/mol. The highest BCUT2D eigenvalue weighted by atomic mass is 19.4. The van der Waals surface area contributed by atoms with E-state index < -0.39 is 6.68 Å². The number of benzene rings is 1. The molecule has 1 aromatic carbocycles. The highest BCUT2D eigenvalue weighted by Crippen LogP contribution is 2.05. The minimum absolute atomic E-state index is 0.990. The molecule has 0 spiro atoms. The molecule has 0 unspecified atom stereocenters. The maximum atomic E-state index is 9.67. The summed E-state index contributed by atoms with van der Waals surface area (Å²) in [7, 11) is 6.60. The number of alkyl halides is 3. The lowest BCUT2D eigenvalue weighted by Gasteiger charge is -2.23. The van der Waals surface area contributed by atoms with Crippen molar-refractivity contribution in [1.82, 2.24) is 0 Å². The maximum Gasteiger partial charge on any atom is 0.379 e. The molecule has 0 aliphatic rings. The van der Waals surface area contributed by atoms with Gasteiger partial charge < -0.3 is 4.48 Å².